The van der Waals surface area contributed by atoms with E-state index in [-0.39, 0.29) is 23.4 Å². The summed E-state index contributed by atoms with van der Waals surface area (Å²) in [6.07, 6.45) is 0. The predicted molar refractivity (Wildman–Crippen MR) is 112 cm³/mol. The van der Waals surface area contributed by atoms with E-state index in [4.69, 9.17) is 16.9 Å². The van der Waals surface area contributed by atoms with Crippen LogP contribution in [0.15, 0.2) is 59.4 Å². The van der Waals surface area contributed by atoms with Crippen molar-refractivity contribution in [1.29, 1.82) is 5.26 Å². The fourth-order valence-electron chi connectivity index (χ4n) is 2.71. The van der Waals surface area contributed by atoms with Crippen LogP contribution in [0, 0.1) is 11.3 Å². The van der Waals surface area contributed by atoms with Crippen LogP contribution in [-0.4, -0.2) is 28.6 Å². The number of nitriles is 1. The van der Waals surface area contributed by atoms with Gasteiger partial charge in [-0.1, -0.05) is 23.7 Å². The number of benzene rings is 2. The highest BCUT2D eigenvalue weighted by Gasteiger charge is 2.12. The Bertz CT molecular complexity index is 1210. The first kappa shape index (κ1) is 20.8. The Morgan fingerprint density at radius 3 is 2.53 bits per heavy atom. The van der Waals surface area contributed by atoms with E-state index in [1.165, 1.54) is 31.3 Å². The molecule has 2 amide bonds. The Labute approximate surface area is 176 Å². The van der Waals surface area contributed by atoms with Gasteiger partial charge in [-0.25, -0.2) is 4.68 Å². The molecule has 0 saturated heterocycles. The molecule has 3 aromatic rings. The molecule has 150 valence electrons. The molecule has 0 radical (unpaired) electrons. The average Bonchev–Trinajstić information content (AvgIpc) is 2.75. The first-order valence-electron chi connectivity index (χ1n) is 8.81. The molecule has 30 heavy (non-hydrogen) atoms. The Balaban J connectivity index is 1.82. The summed E-state index contributed by atoms with van der Waals surface area (Å²) in [5.74, 6) is -0.924. The van der Waals surface area contributed by atoms with E-state index in [1.807, 2.05) is 6.07 Å². The lowest BCUT2D eigenvalue weighted by Gasteiger charge is -2.10. The molecule has 1 heterocycles. The first-order chi connectivity index (χ1) is 14.4. The van der Waals surface area contributed by atoms with Crippen LogP contribution in [-0.2, 0) is 11.3 Å². The molecule has 0 aliphatic rings. The highest BCUT2D eigenvalue weighted by Crippen LogP contribution is 2.18. The zero-order valence-corrected chi connectivity index (χ0v) is 16.6. The minimum atomic E-state index is -0.532. The highest BCUT2D eigenvalue weighted by molar-refractivity contribution is 6.30. The molecule has 0 saturated carbocycles. The largest absolute Gasteiger partial charge is 0.355 e. The molecule has 0 bridgehead atoms. The molecule has 2 N–H and O–H groups in total. The van der Waals surface area contributed by atoms with Gasteiger partial charge in [0.25, 0.3) is 11.5 Å². The minimum Gasteiger partial charge on any atom is -0.355 e. The topological polar surface area (TPSA) is 117 Å². The third-order valence-electron chi connectivity index (χ3n) is 4.14. The highest BCUT2D eigenvalue weighted by atomic mass is 35.5. The fraction of sp³-hybridized carbons (Fsp3) is 0.0952. The van der Waals surface area contributed by atoms with E-state index in [9.17, 15) is 14.4 Å². The number of halogens is 1. The van der Waals surface area contributed by atoms with E-state index < -0.39 is 17.4 Å². The molecule has 0 unspecified atom stereocenters. The van der Waals surface area contributed by atoms with Crippen molar-refractivity contribution in [2.24, 2.45) is 0 Å². The van der Waals surface area contributed by atoms with Gasteiger partial charge in [-0.3, -0.25) is 14.4 Å². The van der Waals surface area contributed by atoms with Crippen molar-refractivity contribution in [2.45, 2.75) is 6.54 Å². The number of nitrogens with zero attached hydrogens (tertiary/aromatic N) is 3. The zero-order valence-electron chi connectivity index (χ0n) is 15.8. The van der Waals surface area contributed by atoms with Crippen LogP contribution in [0.3, 0.4) is 0 Å². The van der Waals surface area contributed by atoms with Crippen molar-refractivity contribution in [1.82, 2.24) is 15.1 Å². The second kappa shape index (κ2) is 9.03. The summed E-state index contributed by atoms with van der Waals surface area (Å²) in [7, 11) is 1.46. The van der Waals surface area contributed by atoms with E-state index in [0.29, 0.717) is 10.7 Å². The van der Waals surface area contributed by atoms with Gasteiger partial charge in [0.2, 0.25) is 5.91 Å². The molecule has 0 spiro atoms. The van der Waals surface area contributed by atoms with Crippen molar-refractivity contribution in [2.75, 3.05) is 12.4 Å². The SMILES string of the molecule is CNC(=O)c1cc(C#N)cc(NC(=O)Cn2nc(-c3ccc(Cl)cc3)ccc2=O)c1. The second-order valence-corrected chi connectivity index (χ2v) is 6.70. The maximum atomic E-state index is 12.5. The summed E-state index contributed by atoms with van der Waals surface area (Å²) in [4.78, 5) is 36.4. The third-order valence-corrected chi connectivity index (χ3v) is 4.39. The lowest BCUT2D eigenvalue weighted by molar-refractivity contribution is -0.117. The number of aromatic nitrogens is 2. The minimum absolute atomic E-state index is 0.214. The summed E-state index contributed by atoms with van der Waals surface area (Å²) >= 11 is 5.89. The standard InChI is InChI=1S/C21H16ClN5O3/c1-24-21(30)15-8-13(11-23)9-17(10-15)25-19(28)12-27-20(29)7-6-18(26-27)14-2-4-16(22)5-3-14/h2-10H,12H2,1H3,(H,24,30)(H,25,28). The zero-order chi connectivity index (χ0) is 21.7. The van der Waals surface area contributed by atoms with Crippen LogP contribution >= 0.6 is 11.6 Å². The van der Waals surface area contributed by atoms with Crippen LogP contribution in [0.5, 0.6) is 0 Å². The second-order valence-electron chi connectivity index (χ2n) is 6.26. The van der Waals surface area contributed by atoms with Crippen molar-refractivity contribution < 1.29 is 9.59 Å². The van der Waals surface area contributed by atoms with Gasteiger partial charge in [0.05, 0.1) is 17.3 Å². The Morgan fingerprint density at radius 1 is 1.13 bits per heavy atom. The van der Waals surface area contributed by atoms with E-state index >= 15 is 0 Å². The van der Waals surface area contributed by atoms with Gasteiger partial charge < -0.3 is 10.6 Å². The van der Waals surface area contributed by atoms with Crippen LogP contribution < -0.4 is 16.2 Å². The molecule has 3 rings (SSSR count). The van der Waals surface area contributed by atoms with Crippen molar-refractivity contribution in [3.63, 3.8) is 0 Å². The number of anilines is 1. The number of carbonyl (C=O) groups excluding carboxylic acids is 2. The summed E-state index contributed by atoms with van der Waals surface area (Å²) in [5.41, 5.74) is 1.51. The Kier molecular flexibility index (Phi) is 6.25. The van der Waals surface area contributed by atoms with Crippen LogP contribution in [0.25, 0.3) is 11.3 Å². The maximum absolute atomic E-state index is 12.5. The van der Waals surface area contributed by atoms with Crippen molar-refractivity contribution >= 4 is 29.1 Å². The average molecular weight is 422 g/mol. The Morgan fingerprint density at radius 2 is 1.87 bits per heavy atom. The Hall–Kier alpha value is -3.96. The monoisotopic (exact) mass is 421 g/mol. The molecule has 2 aromatic carbocycles. The normalized spacial score (nSPS) is 10.2. The molecule has 0 aliphatic heterocycles. The van der Waals surface area contributed by atoms with Gasteiger partial charge in [0, 0.05) is 35.0 Å². The maximum Gasteiger partial charge on any atom is 0.267 e. The first-order valence-corrected chi connectivity index (χ1v) is 9.18. The molecule has 9 heteroatoms. The van der Waals surface area contributed by atoms with Gasteiger partial charge in [0.1, 0.15) is 6.54 Å². The van der Waals surface area contributed by atoms with Gasteiger partial charge in [-0.15, -0.1) is 0 Å². The molecule has 1 aromatic heterocycles. The van der Waals surface area contributed by atoms with Gasteiger partial charge in [-0.2, -0.15) is 10.4 Å². The molecule has 0 aliphatic carbocycles. The van der Waals surface area contributed by atoms with E-state index in [1.54, 1.807) is 30.3 Å². The van der Waals surface area contributed by atoms with Crippen molar-refractivity contribution in [3.8, 4) is 17.3 Å². The lowest BCUT2D eigenvalue weighted by atomic mass is 10.1. The number of hydrogen-bond acceptors (Lipinski definition) is 5. The van der Waals surface area contributed by atoms with Gasteiger partial charge in [0.15, 0.2) is 0 Å². The number of amides is 2. The molecule has 0 atom stereocenters. The number of hydrogen-bond donors (Lipinski definition) is 2. The number of rotatable bonds is 5. The predicted octanol–water partition coefficient (Wildman–Crippen LogP) is 2.43. The molecular formula is C21H16ClN5O3. The summed E-state index contributed by atoms with van der Waals surface area (Å²) < 4.78 is 1.03. The van der Waals surface area contributed by atoms with Crippen LogP contribution in [0.1, 0.15) is 15.9 Å². The summed E-state index contributed by atoms with van der Waals surface area (Å²) in [6, 6.07) is 16.0. The van der Waals surface area contributed by atoms with Crippen LogP contribution in [0.4, 0.5) is 5.69 Å². The third kappa shape index (κ3) is 4.90. The van der Waals surface area contributed by atoms with Gasteiger partial charge in [-0.05, 0) is 36.4 Å². The number of carbonyl (C=O) groups is 2. The lowest BCUT2D eigenvalue weighted by Crippen LogP contribution is -2.29. The number of nitrogens with one attached hydrogen (secondary N) is 2. The fourth-order valence-corrected chi connectivity index (χ4v) is 2.84. The summed E-state index contributed by atoms with van der Waals surface area (Å²) in [6.45, 7) is -0.341. The van der Waals surface area contributed by atoms with Gasteiger partial charge >= 0.3 is 0 Å². The quantitative estimate of drug-likeness (QED) is 0.656. The molecule has 0 fully saturated rings. The summed E-state index contributed by atoms with van der Waals surface area (Å²) in [5, 5.41) is 19.0. The van der Waals surface area contributed by atoms with E-state index in [2.05, 4.69) is 15.7 Å². The molecular weight excluding hydrogens is 406 g/mol. The van der Waals surface area contributed by atoms with E-state index in [0.717, 1.165) is 10.2 Å². The van der Waals surface area contributed by atoms with Crippen molar-refractivity contribution in [3.05, 3.63) is 81.1 Å². The smallest absolute Gasteiger partial charge is 0.267 e. The van der Waals surface area contributed by atoms with Crippen LogP contribution in [0.2, 0.25) is 5.02 Å². The molecule has 8 nitrogen and oxygen atoms in total.